The van der Waals surface area contributed by atoms with Gasteiger partial charge < -0.3 is 9.64 Å². The first-order chi connectivity index (χ1) is 7.76. The van der Waals surface area contributed by atoms with Crippen LogP contribution in [0.4, 0.5) is 9.18 Å². The van der Waals surface area contributed by atoms with Gasteiger partial charge in [0.2, 0.25) is 0 Å². The summed E-state index contributed by atoms with van der Waals surface area (Å²) >= 11 is 0. The molecule has 3 nitrogen and oxygen atoms in total. The van der Waals surface area contributed by atoms with Crippen LogP contribution in [0.5, 0.6) is 0 Å². The van der Waals surface area contributed by atoms with Gasteiger partial charge in [0.05, 0.1) is 7.85 Å². The Kier molecular flexibility index (Phi) is 4.45. The number of amides is 1. The number of likely N-dealkylation sites (tertiary alicyclic amines) is 1. The van der Waals surface area contributed by atoms with Crippen LogP contribution in [0.2, 0.25) is 6.32 Å². The molecule has 1 amide bonds. The highest BCUT2D eigenvalue weighted by Crippen LogP contribution is 2.29. The predicted octanol–water partition coefficient (Wildman–Crippen LogP) is 2.70. The van der Waals surface area contributed by atoms with Gasteiger partial charge in [0.15, 0.2) is 0 Å². The lowest BCUT2D eigenvalue weighted by atomic mass is 9.83. The summed E-state index contributed by atoms with van der Waals surface area (Å²) in [6, 6.07) is 0. The first kappa shape index (κ1) is 14.3. The van der Waals surface area contributed by atoms with Crippen molar-refractivity contribution in [2.45, 2.75) is 57.6 Å². The third-order valence-electron chi connectivity index (χ3n) is 2.90. The number of halogens is 1. The summed E-state index contributed by atoms with van der Waals surface area (Å²) in [4.78, 5) is 13.4. The molecule has 0 aromatic heterocycles. The normalized spacial score (nSPS) is 26.5. The van der Waals surface area contributed by atoms with Crippen LogP contribution in [0.25, 0.3) is 0 Å². The number of alkyl halides is 1. The standard InChI is InChI=1S/C12H21BFNO2/c1-11(2,3)17-10(16)15-7-4-5-12(14,9-13)6-8-15/h4-9H2,1-3H3. The average molecular weight is 241 g/mol. The fourth-order valence-corrected chi connectivity index (χ4v) is 1.87. The molecule has 0 saturated carbocycles. The Labute approximate surface area is 104 Å². The lowest BCUT2D eigenvalue weighted by Crippen LogP contribution is -2.38. The molecule has 96 valence electrons. The maximum Gasteiger partial charge on any atom is 0.410 e. The highest BCUT2D eigenvalue weighted by atomic mass is 19.1. The number of hydrogen-bond acceptors (Lipinski definition) is 2. The molecule has 1 aliphatic rings. The summed E-state index contributed by atoms with van der Waals surface area (Å²) in [5.74, 6) is 0. The maximum absolute atomic E-state index is 14.0. The van der Waals surface area contributed by atoms with E-state index in [0.717, 1.165) is 0 Å². The van der Waals surface area contributed by atoms with Crippen molar-refractivity contribution < 1.29 is 13.9 Å². The van der Waals surface area contributed by atoms with Gasteiger partial charge in [-0.05, 0) is 40.0 Å². The van der Waals surface area contributed by atoms with E-state index in [4.69, 9.17) is 12.6 Å². The van der Waals surface area contributed by atoms with Crippen molar-refractivity contribution in [3.05, 3.63) is 0 Å². The fraction of sp³-hybridized carbons (Fsp3) is 0.917. The Bertz CT molecular complexity index is 280. The van der Waals surface area contributed by atoms with Gasteiger partial charge in [0.25, 0.3) is 0 Å². The second-order valence-electron chi connectivity index (χ2n) is 5.68. The van der Waals surface area contributed by atoms with Gasteiger partial charge in [-0.15, -0.1) is 0 Å². The number of nitrogens with zero attached hydrogens (tertiary/aromatic N) is 1. The molecule has 0 aromatic rings. The summed E-state index contributed by atoms with van der Waals surface area (Å²) in [7, 11) is 5.42. The van der Waals surface area contributed by atoms with Crippen LogP contribution >= 0.6 is 0 Å². The van der Waals surface area contributed by atoms with Gasteiger partial charge in [-0.3, -0.25) is 0 Å². The van der Waals surface area contributed by atoms with Crippen molar-refractivity contribution in [2.75, 3.05) is 13.1 Å². The molecule has 0 aliphatic carbocycles. The fourth-order valence-electron chi connectivity index (χ4n) is 1.87. The van der Waals surface area contributed by atoms with Crippen molar-refractivity contribution in [1.29, 1.82) is 0 Å². The number of ether oxygens (including phenoxy) is 1. The zero-order chi connectivity index (χ0) is 13.1. The zero-order valence-corrected chi connectivity index (χ0v) is 11.0. The highest BCUT2D eigenvalue weighted by Gasteiger charge is 2.32. The first-order valence-electron chi connectivity index (χ1n) is 6.13. The van der Waals surface area contributed by atoms with Gasteiger partial charge in [0.1, 0.15) is 11.3 Å². The topological polar surface area (TPSA) is 29.5 Å². The number of carbonyl (C=O) groups excluding carboxylic acids is 1. The minimum Gasteiger partial charge on any atom is -0.444 e. The highest BCUT2D eigenvalue weighted by molar-refractivity contribution is 6.09. The lowest BCUT2D eigenvalue weighted by molar-refractivity contribution is 0.0249. The Morgan fingerprint density at radius 2 is 2.06 bits per heavy atom. The third kappa shape index (κ3) is 4.56. The van der Waals surface area contributed by atoms with Crippen molar-refractivity contribution in [3.63, 3.8) is 0 Å². The summed E-state index contributed by atoms with van der Waals surface area (Å²) in [5, 5.41) is 0. The van der Waals surface area contributed by atoms with Gasteiger partial charge in [-0.25, -0.2) is 9.18 Å². The lowest BCUT2D eigenvalue weighted by Gasteiger charge is -2.27. The van der Waals surface area contributed by atoms with E-state index >= 15 is 0 Å². The number of rotatable bonds is 1. The van der Waals surface area contributed by atoms with E-state index in [1.54, 1.807) is 4.90 Å². The van der Waals surface area contributed by atoms with Gasteiger partial charge in [-0.1, -0.05) is 6.32 Å². The maximum atomic E-state index is 14.0. The van der Waals surface area contributed by atoms with Crippen LogP contribution in [-0.2, 0) is 4.74 Å². The van der Waals surface area contributed by atoms with E-state index < -0.39 is 11.3 Å². The zero-order valence-electron chi connectivity index (χ0n) is 11.0. The summed E-state index contributed by atoms with van der Waals surface area (Å²) < 4.78 is 19.3. The molecule has 5 heteroatoms. The van der Waals surface area contributed by atoms with E-state index in [-0.39, 0.29) is 12.4 Å². The Hall–Kier alpha value is -0.735. The molecule has 1 unspecified atom stereocenters. The monoisotopic (exact) mass is 241 g/mol. The summed E-state index contributed by atoms with van der Waals surface area (Å²) in [6.45, 7) is 6.38. The summed E-state index contributed by atoms with van der Waals surface area (Å²) in [6.07, 6.45) is 1.01. The molecule has 0 bridgehead atoms. The average Bonchev–Trinajstić information content (AvgIpc) is 2.39. The molecule has 0 aromatic carbocycles. The summed E-state index contributed by atoms with van der Waals surface area (Å²) in [5.41, 5.74) is -1.83. The van der Waals surface area contributed by atoms with Crippen molar-refractivity contribution in [1.82, 2.24) is 4.90 Å². The molecule has 1 rings (SSSR count). The molecule has 1 aliphatic heterocycles. The van der Waals surface area contributed by atoms with Crippen molar-refractivity contribution in [2.24, 2.45) is 0 Å². The Balaban J connectivity index is 2.54. The van der Waals surface area contributed by atoms with Gasteiger partial charge in [-0.2, -0.15) is 0 Å². The Morgan fingerprint density at radius 1 is 1.41 bits per heavy atom. The number of hydrogen-bond donors (Lipinski definition) is 0. The van der Waals surface area contributed by atoms with Crippen LogP contribution in [-0.4, -0.2) is 43.2 Å². The molecular formula is C12H21BFNO2. The van der Waals surface area contributed by atoms with Crippen LogP contribution in [0.3, 0.4) is 0 Å². The molecule has 1 atom stereocenters. The third-order valence-corrected chi connectivity index (χ3v) is 2.90. The van der Waals surface area contributed by atoms with Gasteiger partial charge >= 0.3 is 6.09 Å². The quantitative estimate of drug-likeness (QED) is 0.660. The largest absolute Gasteiger partial charge is 0.444 e. The minimum atomic E-state index is -1.32. The van der Waals surface area contributed by atoms with Crippen LogP contribution in [0.15, 0.2) is 0 Å². The molecule has 1 fully saturated rings. The van der Waals surface area contributed by atoms with Crippen LogP contribution in [0, 0.1) is 0 Å². The second kappa shape index (κ2) is 5.28. The molecule has 2 radical (unpaired) electrons. The first-order valence-corrected chi connectivity index (χ1v) is 6.13. The van der Waals surface area contributed by atoms with E-state index in [2.05, 4.69) is 0 Å². The smallest absolute Gasteiger partial charge is 0.410 e. The minimum absolute atomic E-state index is 0.0230. The van der Waals surface area contributed by atoms with Crippen molar-refractivity contribution >= 4 is 13.9 Å². The van der Waals surface area contributed by atoms with E-state index in [9.17, 15) is 9.18 Å². The van der Waals surface area contributed by atoms with Crippen LogP contribution in [0.1, 0.15) is 40.0 Å². The SMILES string of the molecule is [B]CC1(F)CCCN(C(=O)OC(C)(C)C)CC1. The number of carbonyl (C=O) groups is 1. The van der Waals surface area contributed by atoms with Gasteiger partial charge in [0, 0.05) is 13.1 Å². The van der Waals surface area contributed by atoms with Crippen LogP contribution < -0.4 is 0 Å². The van der Waals surface area contributed by atoms with E-state index in [1.165, 1.54) is 0 Å². The molecule has 1 saturated heterocycles. The second-order valence-corrected chi connectivity index (χ2v) is 5.68. The molecular weight excluding hydrogens is 220 g/mol. The van der Waals surface area contributed by atoms with E-state index in [0.29, 0.717) is 32.4 Å². The molecule has 1 heterocycles. The van der Waals surface area contributed by atoms with Crippen molar-refractivity contribution in [3.8, 4) is 0 Å². The molecule has 0 N–H and O–H groups in total. The van der Waals surface area contributed by atoms with E-state index in [1.807, 2.05) is 20.8 Å². The molecule has 17 heavy (non-hydrogen) atoms. The Morgan fingerprint density at radius 3 is 2.59 bits per heavy atom. The predicted molar refractivity (Wildman–Crippen MR) is 66.1 cm³/mol. The molecule has 0 spiro atoms.